The maximum Gasteiger partial charge on any atom is 0.257 e. The van der Waals surface area contributed by atoms with E-state index in [0.717, 1.165) is 30.2 Å². The lowest BCUT2D eigenvalue weighted by atomic mass is 10.2. The predicted molar refractivity (Wildman–Crippen MR) is 106 cm³/mol. The Morgan fingerprint density at radius 3 is 2.48 bits per heavy atom. The van der Waals surface area contributed by atoms with Crippen LogP contribution in [-0.4, -0.2) is 59.1 Å². The van der Waals surface area contributed by atoms with Gasteiger partial charge in [0.2, 0.25) is 11.7 Å². The van der Waals surface area contributed by atoms with Crippen LogP contribution < -0.4 is 4.74 Å². The van der Waals surface area contributed by atoms with Crippen molar-refractivity contribution in [1.29, 1.82) is 0 Å². The molecular formula is C21H24N4O4. The minimum atomic E-state index is 0.0265. The summed E-state index contributed by atoms with van der Waals surface area (Å²) < 4.78 is 16.1. The van der Waals surface area contributed by atoms with Crippen molar-refractivity contribution in [3.8, 4) is 17.1 Å². The lowest BCUT2D eigenvalue weighted by Gasteiger charge is -2.33. The van der Waals surface area contributed by atoms with E-state index in [9.17, 15) is 4.79 Å². The summed E-state index contributed by atoms with van der Waals surface area (Å²) in [5, 5.41) is 4.07. The number of aryl methyl sites for hydroxylation is 2. The van der Waals surface area contributed by atoms with Gasteiger partial charge in [0.15, 0.2) is 0 Å². The Balaban J connectivity index is 1.33. The monoisotopic (exact) mass is 396 g/mol. The van der Waals surface area contributed by atoms with E-state index in [-0.39, 0.29) is 5.91 Å². The molecule has 1 aliphatic heterocycles. The first-order chi connectivity index (χ1) is 14.0. The molecule has 0 aliphatic carbocycles. The number of carbonyl (C=O) groups excluding carboxylic acids is 1. The molecule has 1 saturated heterocycles. The van der Waals surface area contributed by atoms with Crippen LogP contribution in [0.4, 0.5) is 0 Å². The minimum Gasteiger partial charge on any atom is -0.497 e. The van der Waals surface area contributed by atoms with E-state index in [1.165, 1.54) is 0 Å². The molecule has 1 aromatic carbocycles. The van der Waals surface area contributed by atoms with Gasteiger partial charge < -0.3 is 18.6 Å². The van der Waals surface area contributed by atoms with Gasteiger partial charge in [0.25, 0.3) is 5.91 Å². The van der Waals surface area contributed by atoms with E-state index < -0.39 is 0 Å². The highest BCUT2D eigenvalue weighted by Gasteiger charge is 2.25. The average Bonchev–Trinajstić information content (AvgIpc) is 3.34. The third-order valence-electron chi connectivity index (χ3n) is 5.11. The first-order valence-corrected chi connectivity index (χ1v) is 9.59. The zero-order valence-electron chi connectivity index (χ0n) is 16.8. The van der Waals surface area contributed by atoms with Crippen LogP contribution in [0.3, 0.4) is 0 Å². The molecule has 3 heterocycles. The highest BCUT2D eigenvalue weighted by molar-refractivity contribution is 5.95. The molecule has 0 saturated carbocycles. The number of benzene rings is 1. The second kappa shape index (κ2) is 8.08. The van der Waals surface area contributed by atoms with Crippen molar-refractivity contribution in [1.82, 2.24) is 19.9 Å². The van der Waals surface area contributed by atoms with Crippen molar-refractivity contribution in [3.05, 3.63) is 53.3 Å². The van der Waals surface area contributed by atoms with Crippen LogP contribution in [0, 0.1) is 13.8 Å². The molecule has 8 nitrogen and oxygen atoms in total. The van der Waals surface area contributed by atoms with Gasteiger partial charge in [-0.3, -0.25) is 9.69 Å². The van der Waals surface area contributed by atoms with Crippen molar-refractivity contribution in [3.63, 3.8) is 0 Å². The minimum absolute atomic E-state index is 0.0265. The molecule has 4 rings (SSSR count). The van der Waals surface area contributed by atoms with Gasteiger partial charge in [0, 0.05) is 31.7 Å². The van der Waals surface area contributed by atoms with E-state index >= 15 is 0 Å². The molecule has 0 atom stereocenters. The van der Waals surface area contributed by atoms with Crippen molar-refractivity contribution in [2.24, 2.45) is 0 Å². The lowest BCUT2D eigenvalue weighted by Crippen LogP contribution is -2.48. The fraction of sp³-hybridized carbons (Fsp3) is 0.381. The van der Waals surface area contributed by atoms with Gasteiger partial charge in [0.05, 0.1) is 19.2 Å². The standard InChI is InChI=1S/C21H24N4O4/c1-14-12-18(15(2)28-14)21(26)25-10-8-24(9-11-25)13-19-22-20(23-29-19)16-4-6-17(27-3)7-5-16/h4-7,12H,8-11,13H2,1-3H3. The summed E-state index contributed by atoms with van der Waals surface area (Å²) in [6, 6.07) is 9.34. The van der Waals surface area contributed by atoms with Gasteiger partial charge in [-0.15, -0.1) is 0 Å². The largest absolute Gasteiger partial charge is 0.497 e. The number of rotatable bonds is 5. The number of ether oxygens (including phenoxy) is 1. The van der Waals surface area contributed by atoms with Crippen molar-refractivity contribution in [2.75, 3.05) is 33.3 Å². The number of aromatic nitrogens is 2. The summed E-state index contributed by atoms with van der Waals surface area (Å²) >= 11 is 0. The molecule has 0 radical (unpaired) electrons. The molecule has 0 N–H and O–H groups in total. The fourth-order valence-electron chi connectivity index (χ4n) is 3.49. The first-order valence-electron chi connectivity index (χ1n) is 9.59. The molecule has 3 aromatic rings. The molecular weight excluding hydrogens is 372 g/mol. The molecule has 29 heavy (non-hydrogen) atoms. The molecule has 1 aliphatic rings. The zero-order valence-corrected chi connectivity index (χ0v) is 16.8. The summed E-state index contributed by atoms with van der Waals surface area (Å²) in [7, 11) is 1.63. The molecule has 0 bridgehead atoms. The van der Waals surface area contributed by atoms with Gasteiger partial charge in [-0.05, 0) is 44.2 Å². The van der Waals surface area contributed by atoms with Crippen molar-refractivity contribution >= 4 is 5.91 Å². The van der Waals surface area contributed by atoms with Crippen LogP contribution in [0.15, 0.2) is 39.3 Å². The normalized spacial score (nSPS) is 14.9. The highest BCUT2D eigenvalue weighted by Crippen LogP contribution is 2.21. The van der Waals surface area contributed by atoms with Crippen LogP contribution in [0.5, 0.6) is 5.75 Å². The van der Waals surface area contributed by atoms with Crippen LogP contribution in [0.25, 0.3) is 11.4 Å². The zero-order chi connectivity index (χ0) is 20.4. The molecule has 152 valence electrons. The fourth-order valence-corrected chi connectivity index (χ4v) is 3.49. The average molecular weight is 396 g/mol. The summed E-state index contributed by atoms with van der Waals surface area (Å²) in [4.78, 5) is 21.3. The van der Waals surface area contributed by atoms with E-state index in [1.807, 2.05) is 49.1 Å². The molecule has 0 unspecified atom stereocenters. The number of piperazine rings is 1. The Kier molecular flexibility index (Phi) is 5.35. The predicted octanol–water partition coefficient (Wildman–Crippen LogP) is 2.91. The number of carbonyl (C=O) groups is 1. The Hall–Kier alpha value is -3.13. The van der Waals surface area contributed by atoms with Gasteiger partial charge in [-0.25, -0.2) is 0 Å². The summed E-state index contributed by atoms with van der Waals surface area (Å²) in [5.74, 6) is 3.36. The Morgan fingerprint density at radius 1 is 1.14 bits per heavy atom. The summed E-state index contributed by atoms with van der Waals surface area (Å²) in [6.07, 6.45) is 0. The number of hydrogen-bond donors (Lipinski definition) is 0. The molecule has 1 amide bonds. The molecule has 8 heteroatoms. The second-order valence-electron chi connectivity index (χ2n) is 7.14. The van der Waals surface area contributed by atoms with E-state index in [4.69, 9.17) is 13.7 Å². The Bertz CT molecular complexity index is 985. The third-order valence-corrected chi connectivity index (χ3v) is 5.11. The first kappa shape index (κ1) is 19.2. The van der Waals surface area contributed by atoms with E-state index in [1.54, 1.807) is 7.11 Å². The van der Waals surface area contributed by atoms with Crippen molar-refractivity contribution in [2.45, 2.75) is 20.4 Å². The number of hydrogen-bond acceptors (Lipinski definition) is 7. The van der Waals surface area contributed by atoms with Gasteiger partial charge in [-0.1, -0.05) is 5.16 Å². The topological polar surface area (TPSA) is 84.8 Å². The van der Waals surface area contributed by atoms with Crippen LogP contribution in [-0.2, 0) is 6.54 Å². The highest BCUT2D eigenvalue weighted by atomic mass is 16.5. The third kappa shape index (κ3) is 4.17. The maximum atomic E-state index is 12.7. The van der Waals surface area contributed by atoms with Gasteiger partial charge in [-0.2, -0.15) is 4.98 Å². The maximum absolute atomic E-state index is 12.7. The summed E-state index contributed by atoms with van der Waals surface area (Å²) in [5.41, 5.74) is 1.53. The quantitative estimate of drug-likeness (QED) is 0.655. The summed E-state index contributed by atoms with van der Waals surface area (Å²) in [6.45, 7) is 7.06. The second-order valence-corrected chi connectivity index (χ2v) is 7.14. The van der Waals surface area contributed by atoms with E-state index in [2.05, 4.69) is 15.0 Å². The molecule has 1 fully saturated rings. The number of furan rings is 1. The lowest BCUT2D eigenvalue weighted by molar-refractivity contribution is 0.0613. The van der Waals surface area contributed by atoms with Crippen LogP contribution in [0.2, 0.25) is 0 Å². The number of amides is 1. The van der Waals surface area contributed by atoms with Crippen LogP contribution in [0.1, 0.15) is 27.8 Å². The molecule has 2 aromatic heterocycles. The number of methoxy groups -OCH3 is 1. The van der Waals surface area contributed by atoms with E-state index in [0.29, 0.717) is 42.7 Å². The Morgan fingerprint density at radius 2 is 1.86 bits per heavy atom. The molecule has 0 spiro atoms. The van der Waals surface area contributed by atoms with Crippen LogP contribution >= 0.6 is 0 Å². The van der Waals surface area contributed by atoms with Gasteiger partial charge >= 0.3 is 0 Å². The van der Waals surface area contributed by atoms with Gasteiger partial charge in [0.1, 0.15) is 17.3 Å². The Labute approximate surface area is 169 Å². The smallest absolute Gasteiger partial charge is 0.257 e. The SMILES string of the molecule is COc1ccc(-c2noc(CN3CCN(C(=O)c4cc(C)oc4C)CC3)n2)cc1. The van der Waals surface area contributed by atoms with Crippen molar-refractivity contribution < 1.29 is 18.5 Å². The number of nitrogens with zero attached hydrogens (tertiary/aromatic N) is 4.